The van der Waals surface area contributed by atoms with Gasteiger partial charge in [-0.05, 0) is 19.4 Å². The maximum absolute atomic E-state index is 12.4. The Morgan fingerprint density at radius 1 is 1.38 bits per heavy atom. The number of carbonyl (C=O) groups is 1. The van der Waals surface area contributed by atoms with Gasteiger partial charge in [0.05, 0.1) is 5.69 Å². The summed E-state index contributed by atoms with van der Waals surface area (Å²) in [4.78, 5) is 18.4. The molecule has 6 heteroatoms. The Bertz CT molecular complexity index is 573. The summed E-state index contributed by atoms with van der Waals surface area (Å²) in [5.41, 5.74) is 8.02. The number of nitrogens with zero attached hydrogens (tertiary/aromatic N) is 2. The molecule has 0 saturated heterocycles. The first-order valence-electron chi connectivity index (χ1n) is 6.64. The molecule has 2 aromatic rings. The zero-order valence-corrected chi connectivity index (χ0v) is 13.8. The van der Waals surface area contributed by atoms with Crippen LogP contribution in [0.4, 0.5) is 5.13 Å². The summed E-state index contributed by atoms with van der Waals surface area (Å²) in [5, 5.41) is 2.69. The lowest BCUT2D eigenvalue weighted by Crippen LogP contribution is -2.33. The molecule has 1 unspecified atom stereocenters. The summed E-state index contributed by atoms with van der Waals surface area (Å²) in [6.45, 7) is 4.48. The monoisotopic (exact) mass is 325 g/mol. The number of anilines is 1. The van der Waals surface area contributed by atoms with Crippen LogP contribution < -0.4 is 10.6 Å². The molecule has 0 fully saturated rings. The first-order valence-corrected chi connectivity index (χ1v) is 7.52. The van der Waals surface area contributed by atoms with Crippen molar-refractivity contribution in [2.75, 3.05) is 11.4 Å². The van der Waals surface area contributed by atoms with Crippen molar-refractivity contribution in [3.05, 3.63) is 47.0 Å². The van der Waals surface area contributed by atoms with Crippen molar-refractivity contribution in [3.63, 3.8) is 0 Å². The molecule has 0 aliphatic carbocycles. The van der Waals surface area contributed by atoms with E-state index >= 15 is 0 Å². The predicted octanol–water partition coefficient (Wildman–Crippen LogP) is 3.32. The molecule has 4 nitrogen and oxygen atoms in total. The van der Waals surface area contributed by atoms with E-state index in [0.29, 0.717) is 6.54 Å². The highest BCUT2D eigenvalue weighted by atomic mass is 35.5. The van der Waals surface area contributed by atoms with Crippen LogP contribution in [0, 0.1) is 6.92 Å². The molecule has 0 aliphatic rings. The van der Waals surface area contributed by atoms with Crippen LogP contribution in [0.3, 0.4) is 0 Å². The number of amides is 1. The molecule has 0 aliphatic heterocycles. The second kappa shape index (κ2) is 8.12. The molecule has 0 bridgehead atoms. The van der Waals surface area contributed by atoms with E-state index in [2.05, 4.69) is 4.98 Å². The molecular weight excluding hydrogens is 306 g/mol. The van der Waals surface area contributed by atoms with Crippen molar-refractivity contribution < 1.29 is 4.79 Å². The van der Waals surface area contributed by atoms with Gasteiger partial charge in [-0.25, -0.2) is 4.98 Å². The van der Waals surface area contributed by atoms with E-state index < -0.39 is 0 Å². The molecule has 2 N–H and O–H groups in total. The van der Waals surface area contributed by atoms with Crippen molar-refractivity contribution in [2.24, 2.45) is 5.73 Å². The minimum Gasteiger partial charge on any atom is -0.324 e. The molecule has 21 heavy (non-hydrogen) atoms. The van der Waals surface area contributed by atoms with Crippen LogP contribution in [0.2, 0.25) is 0 Å². The fourth-order valence-electron chi connectivity index (χ4n) is 2.00. The second-order valence-corrected chi connectivity index (χ2v) is 5.47. The van der Waals surface area contributed by atoms with Crippen LogP contribution in [-0.4, -0.2) is 17.4 Å². The lowest BCUT2D eigenvalue weighted by atomic mass is 10.0. The van der Waals surface area contributed by atoms with E-state index in [1.165, 1.54) is 11.3 Å². The Hall–Kier alpha value is -1.43. The second-order valence-electron chi connectivity index (χ2n) is 4.63. The summed E-state index contributed by atoms with van der Waals surface area (Å²) >= 11 is 1.49. The van der Waals surface area contributed by atoms with E-state index in [1.54, 1.807) is 4.90 Å². The maximum Gasteiger partial charge on any atom is 0.230 e. The van der Waals surface area contributed by atoms with Gasteiger partial charge in [0.15, 0.2) is 5.13 Å². The van der Waals surface area contributed by atoms with Gasteiger partial charge in [-0.15, -0.1) is 23.7 Å². The van der Waals surface area contributed by atoms with Crippen LogP contribution in [0.15, 0.2) is 35.7 Å². The molecule has 1 atom stereocenters. The van der Waals surface area contributed by atoms with Crippen LogP contribution in [0.1, 0.15) is 30.6 Å². The minimum atomic E-state index is -0.279. The molecule has 2 rings (SSSR count). The van der Waals surface area contributed by atoms with Crippen molar-refractivity contribution in [3.8, 4) is 0 Å². The Morgan fingerprint density at radius 2 is 2.05 bits per heavy atom. The summed E-state index contributed by atoms with van der Waals surface area (Å²) < 4.78 is 0. The van der Waals surface area contributed by atoms with Gasteiger partial charge >= 0.3 is 0 Å². The number of hydrogen-bond acceptors (Lipinski definition) is 4. The number of nitrogens with two attached hydrogens (primary N) is 1. The smallest absolute Gasteiger partial charge is 0.230 e. The van der Waals surface area contributed by atoms with Crippen molar-refractivity contribution in [1.29, 1.82) is 0 Å². The first-order chi connectivity index (χ1) is 9.61. The molecule has 0 spiro atoms. The van der Waals surface area contributed by atoms with Crippen LogP contribution in [-0.2, 0) is 4.79 Å². The van der Waals surface area contributed by atoms with E-state index in [0.717, 1.165) is 16.4 Å². The summed E-state index contributed by atoms with van der Waals surface area (Å²) in [6.07, 6.45) is 0.288. The van der Waals surface area contributed by atoms with E-state index in [4.69, 9.17) is 5.73 Å². The fourth-order valence-corrected chi connectivity index (χ4v) is 2.88. The third-order valence-electron chi connectivity index (χ3n) is 3.08. The Morgan fingerprint density at radius 3 is 2.57 bits per heavy atom. The van der Waals surface area contributed by atoms with Gasteiger partial charge in [-0.1, -0.05) is 30.3 Å². The number of halogens is 1. The number of rotatable bonds is 5. The molecule has 0 radical (unpaired) electrons. The van der Waals surface area contributed by atoms with Gasteiger partial charge in [0.1, 0.15) is 0 Å². The number of hydrogen-bond donors (Lipinski definition) is 1. The number of benzene rings is 1. The Labute approximate surface area is 135 Å². The zero-order chi connectivity index (χ0) is 14.5. The van der Waals surface area contributed by atoms with Gasteiger partial charge in [0.25, 0.3) is 0 Å². The van der Waals surface area contributed by atoms with Gasteiger partial charge in [-0.2, -0.15) is 0 Å². The lowest BCUT2D eigenvalue weighted by Gasteiger charge is -2.20. The third-order valence-corrected chi connectivity index (χ3v) is 4.06. The molecular formula is C15H20ClN3OS. The molecule has 1 heterocycles. The number of carbonyl (C=O) groups excluding carboxylic acids is 1. The van der Waals surface area contributed by atoms with Gasteiger partial charge in [-0.3, -0.25) is 9.69 Å². The van der Waals surface area contributed by atoms with Gasteiger partial charge in [0, 0.05) is 24.4 Å². The SMILES string of the molecule is CCN(C(=O)CC(N)c1ccccc1)c1nc(C)cs1.Cl. The van der Waals surface area contributed by atoms with E-state index in [1.807, 2.05) is 49.6 Å². The Kier molecular flexibility index (Phi) is 6.81. The van der Waals surface area contributed by atoms with Crippen LogP contribution in [0.5, 0.6) is 0 Å². The average molecular weight is 326 g/mol. The molecule has 114 valence electrons. The average Bonchev–Trinajstić information content (AvgIpc) is 2.87. The molecule has 1 amide bonds. The van der Waals surface area contributed by atoms with Gasteiger partial charge in [0.2, 0.25) is 5.91 Å². The lowest BCUT2D eigenvalue weighted by molar-refractivity contribution is -0.118. The number of aryl methyl sites for hydroxylation is 1. The van der Waals surface area contributed by atoms with Crippen LogP contribution in [0.25, 0.3) is 0 Å². The first kappa shape index (κ1) is 17.6. The quantitative estimate of drug-likeness (QED) is 0.917. The van der Waals surface area contributed by atoms with Crippen LogP contribution >= 0.6 is 23.7 Å². The summed E-state index contributed by atoms with van der Waals surface area (Å²) in [7, 11) is 0. The molecule has 0 saturated carbocycles. The van der Waals surface area contributed by atoms with Crippen molar-refractivity contribution in [1.82, 2.24) is 4.98 Å². The number of aromatic nitrogens is 1. The topological polar surface area (TPSA) is 59.2 Å². The van der Waals surface area contributed by atoms with Crippen molar-refractivity contribution >= 4 is 34.8 Å². The fraction of sp³-hybridized carbons (Fsp3) is 0.333. The highest BCUT2D eigenvalue weighted by Gasteiger charge is 2.20. The molecule has 1 aromatic heterocycles. The summed E-state index contributed by atoms with van der Waals surface area (Å²) in [5.74, 6) is 0.0122. The standard InChI is InChI=1S/C15H19N3OS.ClH/c1-3-18(15-17-11(2)10-20-15)14(19)9-13(16)12-7-5-4-6-8-12;/h4-8,10,13H,3,9,16H2,1-2H3;1H. The normalized spacial score (nSPS) is 11.6. The third kappa shape index (κ3) is 4.52. The maximum atomic E-state index is 12.4. The highest BCUT2D eigenvalue weighted by molar-refractivity contribution is 7.14. The summed E-state index contributed by atoms with van der Waals surface area (Å²) in [6, 6.07) is 9.42. The highest BCUT2D eigenvalue weighted by Crippen LogP contribution is 2.22. The minimum absolute atomic E-state index is 0. The van der Waals surface area contributed by atoms with E-state index in [9.17, 15) is 4.79 Å². The number of thiazole rings is 1. The van der Waals surface area contributed by atoms with E-state index in [-0.39, 0.29) is 30.8 Å². The molecule has 1 aromatic carbocycles. The predicted molar refractivity (Wildman–Crippen MR) is 90.1 cm³/mol. The van der Waals surface area contributed by atoms with Gasteiger partial charge < -0.3 is 5.73 Å². The zero-order valence-electron chi connectivity index (χ0n) is 12.2. The van der Waals surface area contributed by atoms with Crippen molar-refractivity contribution in [2.45, 2.75) is 26.3 Å². The largest absolute Gasteiger partial charge is 0.324 e. The Balaban J connectivity index is 0.00000220.